The van der Waals surface area contributed by atoms with Crippen LogP contribution in [0.3, 0.4) is 0 Å². The van der Waals surface area contributed by atoms with Crippen molar-refractivity contribution in [2.24, 2.45) is 0 Å². The summed E-state index contributed by atoms with van der Waals surface area (Å²) in [4.78, 5) is 13.6. The van der Waals surface area contributed by atoms with Crippen LogP contribution in [0, 0.1) is 11.3 Å². The summed E-state index contributed by atoms with van der Waals surface area (Å²) >= 11 is 0. The third kappa shape index (κ3) is 3.40. The van der Waals surface area contributed by atoms with Gasteiger partial charge in [0.2, 0.25) is 0 Å². The van der Waals surface area contributed by atoms with E-state index >= 15 is 0 Å². The molecule has 31 heavy (non-hydrogen) atoms. The maximum Gasteiger partial charge on any atom is 0.168 e. The van der Waals surface area contributed by atoms with E-state index in [0.29, 0.717) is 5.56 Å². The Morgan fingerprint density at radius 2 is 1.74 bits per heavy atom. The van der Waals surface area contributed by atoms with Crippen molar-refractivity contribution >= 4 is 22.5 Å². The standard InChI is InChI=1S/C23H21N7O/c1-31-21-13-17(14-24)7-8-20(21)28-9-11-29(12-10-28)22-19-15-27-30(23(19)26-16-25-22)18-5-3-2-4-6-18/h2-8,13,15-16H,9-12H2,1H3. The largest absolute Gasteiger partial charge is 0.495 e. The lowest BCUT2D eigenvalue weighted by Crippen LogP contribution is -2.47. The molecule has 0 aliphatic carbocycles. The zero-order valence-corrected chi connectivity index (χ0v) is 17.1. The highest BCUT2D eigenvalue weighted by Gasteiger charge is 2.23. The van der Waals surface area contributed by atoms with Crippen LogP contribution in [0.5, 0.6) is 5.75 Å². The fraction of sp³-hybridized carbons (Fsp3) is 0.217. The topological polar surface area (TPSA) is 83.1 Å². The van der Waals surface area contributed by atoms with Crippen LogP contribution in [-0.2, 0) is 0 Å². The fourth-order valence-corrected chi connectivity index (χ4v) is 4.01. The van der Waals surface area contributed by atoms with Gasteiger partial charge in [-0.15, -0.1) is 0 Å². The molecular weight excluding hydrogens is 390 g/mol. The lowest BCUT2D eigenvalue weighted by molar-refractivity contribution is 0.413. The minimum atomic E-state index is 0.595. The second-order valence-electron chi connectivity index (χ2n) is 7.30. The Kier molecular flexibility index (Phi) is 4.84. The summed E-state index contributed by atoms with van der Waals surface area (Å²) in [5.74, 6) is 1.62. The highest BCUT2D eigenvalue weighted by Crippen LogP contribution is 2.31. The molecule has 0 amide bonds. The van der Waals surface area contributed by atoms with Crippen LogP contribution in [-0.4, -0.2) is 53.0 Å². The lowest BCUT2D eigenvalue weighted by atomic mass is 10.1. The lowest BCUT2D eigenvalue weighted by Gasteiger charge is -2.37. The minimum Gasteiger partial charge on any atom is -0.495 e. The molecule has 0 bridgehead atoms. The normalized spacial score (nSPS) is 13.9. The second-order valence-corrected chi connectivity index (χ2v) is 7.30. The van der Waals surface area contributed by atoms with E-state index in [-0.39, 0.29) is 0 Å². The summed E-state index contributed by atoms with van der Waals surface area (Å²) < 4.78 is 7.36. The van der Waals surface area contributed by atoms with Gasteiger partial charge in [0.1, 0.15) is 17.9 Å². The number of nitrogens with zero attached hydrogens (tertiary/aromatic N) is 7. The molecule has 0 spiro atoms. The quantitative estimate of drug-likeness (QED) is 0.510. The van der Waals surface area contributed by atoms with Crippen LogP contribution >= 0.6 is 0 Å². The number of piperazine rings is 1. The molecule has 2 aromatic heterocycles. The molecule has 0 unspecified atom stereocenters. The van der Waals surface area contributed by atoms with Gasteiger partial charge in [0.15, 0.2) is 5.65 Å². The van der Waals surface area contributed by atoms with Crippen molar-refractivity contribution in [3.8, 4) is 17.5 Å². The fourth-order valence-electron chi connectivity index (χ4n) is 4.01. The Balaban J connectivity index is 1.39. The Bertz CT molecular complexity index is 1250. The zero-order valence-electron chi connectivity index (χ0n) is 17.1. The Labute approximate surface area is 179 Å². The van der Waals surface area contributed by atoms with Crippen molar-refractivity contribution in [1.82, 2.24) is 19.7 Å². The molecule has 0 N–H and O–H groups in total. The molecule has 8 nitrogen and oxygen atoms in total. The number of para-hydroxylation sites is 1. The smallest absolute Gasteiger partial charge is 0.168 e. The number of fused-ring (bicyclic) bond motifs is 1. The van der Waals surface area contributed by atoms with E-state index in [0.717, 1.165) is 60.2 Å². The molecule has 1 saturated heterocycles. The van der Waals surface area contributed by atoms with Crippen molar-refractivity contribution in [1.29, 1.82) is 5.26 Å². The Morgan fingerprint density at radius 1 is 0.968 bits per heavy atom. The number of ether oxygens (including phenoxy) is 1. The number of methoxy groups -OCH3 is 1. The summed E-state index contributed by atoms with van der Waals surface area (Å²) in [7, 11) is 1.64. The molecule has 8 heteroatoms. The molecule has 1 aliphatic heterocycles. The summed E-state index contributed by atoms with van der Waals surface area (Å²) in [6.45, 7) is 3.26. The van der Waals surface area contributed by atoms with Gasteiger partial charge in [0.05, 0.1) is 41.7 Å². The molecule has 4 aromatic rings. The van der Waals surface area contributed by atoms with Crippen LogP contribution < -0.4 is 14.5 Å². The zero-order chi connectivity index (χ0) is 21.2. The van der Waals surface area contributed by atoms with E-state index in [4.69, 9.17) is 10.00 Å². The number of rotatable bonds is 4. The summed E-state index contributed by atoms with van der Waals surface area (Å²) in [5.41, 5.74) is 3.37. The average Bonchev–Trinajstić information content (AvgIpc) is 3.29. The molecule has 0 radical (unpaired) electrons. The number of hydrogen-bond donors (Lipinski definition) is 0. The van der Waals surface area contributed by atoms with Crippen molar-refractivity contribution in [3.63, 3.8) is 0 Å². The predicted octanol–water partition coefficient (Wildman–Crippen LogP) is 3.02. The van der Waals surface area contributed by atoms with Crippen LogP contribution in [0.2, 0.25) is 0 Å². The highest BCUT2D eigenvalue weighted by atomic mass is 16.5. The third-order valence-electron chi connectivity index (χ3n) is 5.57. The predicted molar refractivity (Wildman–Crippen MR) is 119 cm³/mol. The first-order valence-corrected chi connectivity index (χ1v) is 10.1. The van der Waals surface area contributed by atoms with Gasteiger partial charge in [-0.2, -0.15) is 10.4 Å². The summed E-state index contributed by atoms with van der Waals surface area (Å²) in [5, 5.41) is 14.6. The van der Waals surface area contributed by atoms with Gasteiger partial charge in [0, 0.05) is 32.2 Å². The molecule has 1 aliphatic rings. The van der Waals surface area contributed by atoms with E-state index in [2.05, 4.69) is 30.9 Å². The van der Waals surface area contributed by atoms with Crippen molar-refractivity contribution in [3.05, 3.63) is 66.6 Å². The molecule has 154 valence electrons. The van der Waals surface area contributed by atoms with Crippen LogP contribution in [0.25, 0.3) is 16.7 Å². The Hall–Kier alpha value is -4.12. The van der Waals surface area contributed by atoms with E-state index in [1.165, 1.54) is 0 Å². The first kappa shape index (κ1) is 18.9. The number of nitriles is 1. The van der Waals surface area contributed by atoms with Gasteiger partial charge in [-0.3, -0.25) is 0 Å². The van der Waals surface area contributed by atoms with Gasteiger partial charge >= 0.3 is 0 Å². The van der Waals surface area contributed by atoms with Crippen LogP contribution in [0.1, 0.15) is 5.56 Å². The van der Waals surface area contributed by atoms with Crippen LogP contribution in [0.15, 0.2) is 61.1 Å². The Morgan fingerprint density at radius 3 is 2.48 bits per heavy atom. The average molecular weight is 411 g/mol. The van der Waals surface area contributed by atoms with E-state index in [9.17, 15) is 0 Å². The van der Waals surface area contributed by atoms with E-state index < -0.39 is 0 Å². The number of anilines is 2. The molecule has 1 fully saturated rings. The van der Waals surface area contributed by atoms with Crippen molar-refractivity contribution < 1.29 is 4.74 Å². The minimum absolute atomic E-state index is 0.595. The van der Waals surface area contributed by atoms with E-state index in [1.54, 1.807) is 19.5 Å². The van der Waals surface area contributed by atoms with Gasteiger partial charge < -0.3 is 14.5 Å². The number of benzene rings is 2. The van der Waals surface area contributed by atoms with Gasteiger partial charge in [0.25, 0.3) is 0 Å². The summed E-state index contributed by atoms with van der Waals surface area (Å²) in [6, 6.07) is 17.7. The molecule has 3 heterocycles. The molecule has 0 saturated carbocycles. The third-order valence-corrected chi connectivity index (χ3v) is 5.57. The maximum absolute atomic E-state index is 9.14. The molecule has 2 aromatic carbocycles. The van der Waals surface area contributed by atoms with Crippen molar-refractivity contribution in [2.45, 2.75) is 0 Å². The highest BCUT2D eigenvalue weighted by molar-refractivity contribution is 5.87. The number of hydrogen-bond acceptors (Lipinski definition) is 7. The second kappa shape index (κ2) is 7.95. The first-order chi connectivity index (χ1) is 15.3. The van der Waals surface area contributed by atoms with E-state index in [1.807, 2.05) is 53.3 Å². The summed E-state index contributed by atoms with van der Waals surface area (Å²) in [6.07, 6.45) is 3.45. The number of aromatic nitrogens is 4. The maximum atomic E-state index is 9.14. The molecule has 0 atom stereocenters. The van der Waals surface area contributed by atoms with Gasteiger partial charge in [-0.1, -0.05) is 18.2 Å². The molecule has 5 rings (SSSR count). The first-order valence-electron chi connectivity index (χ1n) is 10.1. The monoisotopic (exact) mass is 411 g/mol. The van der Waals surface area contributed by atoms with Gasteiger partial charge in [-0.05, 0) is 24.3 Å². The van der Waals surface area contributed by atoms with Crippen molar-refractivity contribution in [2.75, 3.05) is 43.1 Å². The van der Waals surface area contributed by atoms with Crippen LogP contribution in [0.4, 0.5) is 11.5 Å². The molecular formula is C23H21N7O. The SMILES string of the molecule is COc1cc(C#N)ccc1N1CCN(c2ncnc3c2cnn3-c2ccccc2)CC1. The van der Waals surface area contributed by atoms with Gasteiger partial charge in [-0.25, -0.2) is 14.6 Å².